The molecule has 0 unspecified atom stereocenters. The van der Waals surface area contributed by atoms with Crippen LogP contribution in [0, 0.1) is 5.82 Å². The van der Waals surface area contributed by atoms with Gasteiger partial charge in [-0.2, -0.15) is 5.10 Å². The van der Waals surface area contributed by atoms with E-state index < -0.39 is 0 Å². The van der Waals surface area contributed by atoms with Crippen molar-refractivity contribution < 1.29 is 13.9 Å². The van der Waals surface area contributed by atoms with Gasteiger partial charge in [-0.25, -0.2) is 4.39 Å². The Balaban J connectivity index is 1.66. The van der Waals surface area contributed by atoms with Gasteiger partial charge in [0.2, 0.25) is 0 Å². The number of hydrazone groups is 1. The van der Waals surface area contributed by atoms with Gasteiger partial charge in [0.05, 0.1) is 18.5 Å². The van der Waals surface area contributed by atoms with Gasteiger partial charge >= 0.3 is 0 Å². The fraction of sp³-hybridized carbons (Fsp3) is 0.136. The van der Waals surface area contributed by atoms with Crippen LogP contribution in [0.3, 0.4) is 0 Å². The second-order valence-electron chi connectivity index (χ2n) is 5.93. The van der Waals surface area contributed by atoms with E-state index in [1.54, 1.807) is 30.5 Å². The average Bonchev–Trinajstić information content (AvgIpc) is 2.70. The van der Waals surface area contributed by atoms with E-state index in [0.717, 1.165) is 16.8 Å². The minimum Gasteiger partial charge on any atom is -0.490 e. The molecule has 0 aliphatic carbocycles. The first-order chi connectivity index (χ1) is 13.6. The summed E-state index contributed by atoms with van der Waals surface area (Å²) in [6.45, 7) is 2.75. The van der Waals surface area contributed by atoms with E-state index in [1.807, 2.05) is 37.3 Å². The van der Waals surface area contributed by atoms with Crippen LogP contribution in [0.2, 0.25) is 5.02 Å². The molecule has 0 amide bonds. The van der Waals surface area contributed by atoms with E-state index in [2.05, 4.69) is 10.5 Å². The molecule has 3 rings (SSSR count). The lowest BCUT2D eigenvalue weighted by atomic mass is 10.2. The molecular formula is C22H20ClFN2O2. The van der Waals surface area contributed by atoms with Crippen molar-refractivity contribution in [2.24, 2.45) is 5.10 Å². The number of halogens is 2. The van der Waals surface area contributed by atoms with Gasteiger partial charge < -0.3 is 9.47 Å². The van der Waals surface area contributed by atoms with E-state index >= 15 is 0 Å². The van der Waals surface area contributed by atoms with E-state index in [9.17, 15) is 4.39 Å². The lowest BCUT2D eigenvalue weighted by molar-refractivity contribution is 0.269. The van der Waals surface area contributed by atoms with Crippen LogP contribution in [-0.4, -0.2) is 12.8 Å². The van der Waals surface area contributed by atoms with Gasteiger partial charge in [0.1, 0.15) is 12.4 Å². The zero-order valence-electron chi connectivity index (χ0n) is 15.4. The standard InChI is InChI=1S/C22H20ClFN2O2/c1-2-27-22-13-17(14-25-26-20-10-6-18(23)7-11-20)5-12-21(22)28-15-16-3-8-19(24)9-4-16/h3-14,26H,2,15H2,1H3. The van der Waals surface area contributed by atoms with Crippen LogP contribution in [0.15, 0.2) is 71.8 Å². The highest BCUT2D eigenvalue weighted by Gasteiger charge is 2.07. The Labute approximate surface area is 168 Å². The normalized spacial score (nSPS) is 10.8. The van der Waals surface area contributed by atoms with Crippen LogP contribution < -0.4 is 14.9 Å². The largest absolute Gasteiger partial charge is 0.490 e. The van der Waals surface area contributed by atoms with E-state index in [1.165, 1.54) is 12.1 Å². The van der Waals surface area contributed by atoms with Crippen molar-refractivity contribution >= 4 is 23.5 Å². The first-order valence-corrected chi connectivity index (χ1v) is 9.20. The fourth-order valence-corrected chi connectivity index (χ4v) is 2.57. The summed E-state index contributed by atoms with van der Waals surface area (Å²) in [6, 6.07) is 19.1. The summed E-state index contributed by atoms with van der Waals surface area (Å²) in [5.74, 6) is 0.976. The third-order valence-corrected chi connectivity index (χ3v) is 4.08. The van der Waals surface area contributed by atoms with Crippen LogP contribution in [-0.2, 0) is 6.61 Å². The third kappa shape index (κ3) is 5.72. The molecule has 144 valence electrons. The van der Waals surface area contributed by atoms with Crippen molar-refractivity contribution in [2.75, 3.05) is 12.0 Å². The molecule has 6 heteroatoms. The quantitative estimate of drug-likeness (QED) is 0.379. The second-order valence-corrected chi connectivity index (χ2v) is 6.37. The lowest BCUT2D eigenvalue weighted by Crippen LogP contribution is -2.00. The molecule has 4 nitrogen and oxygen atoms in total. The van der Waals surface area contributed by atoms with Crippen molar-refractivity contribution in [1.82, 2.24) is 0 Å². The number of anilines is 1. The highest BCUT2D eigenvalue weighted by atomic mass is 35.5. The fourth-order valence-electron chi connectivity index (χ4n) is 2.44. The van der Waals surface area contributed by atoms with Crippen LogP contribution in [0.5, 0.6) is 11.5 Å². The van der Waals surface area contributed by atoms with Gasteiger partial charge in [0.25, 0.3) is 0 Å². The number of ether oxygens (including phenoxy) is 2. The SMILES string of the molecule is CCOc1cc(C=NNc2ccc(Cl)cc2)ccc1OCc1ccc(F)cc1. The number of hydrogen-bond donors (Lipinski definition) is 1. The first-order valence-electron chi connectivity index (χ1n) is 8.83. The molecule has 0 atom stereocenters. The van der Waals surface area contributed by atoms with Crippen LogP contribution >= 0.6 is 11.6 Å². The highest BCUT2D eigenvalue weighted by molar-refractivity contribution is 6.30. The van der Waals surface area contributed by atoms with Crippen molar-refractivity contribution in [3.05, 3.63) is 88.7 Å². The molecule has 0 aromatic heterocycles. The van der Waals surface area contributed by atoms with Crippen molar-refractivity contribution in [2.45, 2.75) is 13.5 Å². The zero-order chi connectivity index (χ0) is 19.8. The van der Waals surface area contributed by atoms with Crippen molar-refractivity contribution in [3.63, 3.8) is 0 Å². The summed E-state index contributed by atoms with van der Waals surface area (Å²) in [4.78, 5) is 0. The Morgan fingerprint density at radius 2 is 1.71 bits per heavy atom. The smallest absolute Gasteiger partial charge is 0.161 e. The Bertz CT molecular complexity index is 928. The molecule has 3 aromatic rings. The van der Waals surface area contributed by atoms with Gasteiger partial charge in [-0.15, -0.1) is 0 Å². The summed E-state index contributed by atoms with van der Waals surface area (Å²) in [5, 5.41) is 4.90. The predicted molar refractivity (Wildman–Crippen MR) is 111 cm³/mol. The molecule has 3 aromatic carbocycles. The number of hydrogen-bond acceptors (Lipinski definition) is 4. The van der Waals surface area contributed by atoms with Gasteiger partial charge in [-0.3, -0.25) is 5.43 Å². The molecule has 0 bridgehead atoms. The molecule has 0 saturated carbocycles. The Morgan fingerprint density at radius 1 is 0.964 bits per heavy atom. The molecule has 28 heavy (non-hydrogen) atoms. The predicted octanol–water partition coefficient (Wildman–Crippen LogP) is 5.90. The molecule has 0 aliphatic rings. The minimum absolute atomic E-state index is 0.269. The van der Waals surface area contributed by atoms with Crippen LogP contribution in [0.1, 0.15) is 18.1 Å². The van der Waals surface area contributed by atoms with E-state index in [4.69, 9.17) is 21.1 Å². The van der Waals surface area contributed by atoms with Gasteiger partial charge in [0, 0.05) is 5.02 Å². The van der Waals surface area contributed by atoms with Gasteiger partial charge in [-0.05, 0) is 72.6 Å². The Hall–Kier alpha value is -3.05. The summed E-state index contributed by atoms with van der Waals surface area (Å²) in [5.41, 5.74) is 5.52. The van der Waals surface area contributed by atoms with Crippen LogP contribution in [0.4, 0.5) is 10.1 Å². The number of rotatable bonds is 8. The van der Waals surface area contributed by atoms with Crippen LogP contribution in [0.25, 0.3) is 0 Å². The summed E-state index contributed by atoms with van der Waals surface area (Å²) < 4.78 is 24.5. The Kier molecular flexibility index (Phi) is 6.87. The van der Waals surface area contributed by atoms with Gasteiger partial charge in [-0.1, -0.05) is 23.7 Å². The number of benzene rings is 3. The minimum atomic E-state index is -0.269. The second kappa shape index (κ2) is 9.76. The van der Waals surface area contributed by atoms with Crippen molar-refractivity contribution in [1.29, 1.82) is 0 Å². The molecule has 1 N–H and O–H groups in total. The summed E-state index contributed by atoms with van der Waals surface area (Å²) in [6.07, 6.45) is 1.70. The monoisotopic (exact) mass is 398 g/mol. The average molecular weight is 399 g/mol. The van der Waals surface area contributed by atoms with E-state index in [-0.39, 0.29) is 5.82 Å². The topological polar surface area (TPSA) is 42.8 Å². The maximum atomic E-state index is 13.0. The molecule has 0 heterocycles. The summed E-state index contributed by atoms with van der Waals surface area (Å²) in [7, 11) is 0. The van der Waals surface area contributed by atoms with E-state index in [0.29, 0.717) is 29.7 Å². The highest BCUT2D eigenvalue weighted by Crippen LogP contribution is 2.29. The molecule has 0 fully saturated rings. The molecular weight excluding hydrogens is 379 g/mol. The molecule has 0 radical (unpaired) electrons. The first kappa shape index (κ1) is 19.7. The maximum absolute atomic E-state index is 13.0. The molecule has 0 spiro atoms. The van der Waals surface area contributed by atoms with Crippen molar-refractivity contribution in [3.8, 4) is 11.5 Å². The number of nitrogens with zero attached hydrogens (tertiary/aromatic N) is 1. The van der Waals surface area contributed by atoms with Gasteiger partial charge in [0.15, 0.2) is 11.5 Å². The maximum Gasteiger partial charge on any atom is 0.161 e. The lowest BCUT2D eigenvalue weighted by Gasteiger charge is -2.12. The number of nitrogens with one attached hydrogen (secondary N) is 1. The third-order valence-electron chi connectivity index (χ3n) is 3.83. The zero-order valence-corrected chi connectivity index (χ0v) is 16.1. The Morgan fingerprint density at radius 3 is 2.43 bits per heavy atom. The summed E-state index contributed by atoms with van der Waals surface area (Å²) >= 11 is 5.87. The molecule has 0 aliphatic heterocycles. The molecule has 0 saturated heterocycles.